The zero-order chi connectivity index (χ0) is 11.7. The van der Waals surface area contributed by atoms with Gasteiger partial charge in [-0.3, -0.25) is 0 Å². The van der Waals surface area contributed by atoms with Gasteiger partial charge in [-0.1, -0.05) is 6.08 Å². The second-order valence-electron chi connectivity index (χ2n) is 3.35. The third-order valence-corrected chi connectivity index (χ3v) is 2.35. The molecule has 2 aliphatic rings. The van der Waals surface area contributed by atoms with Crippen LogP contribution in [0.25, 0.3) is 0 Å². The van der Waals surface area contributed by atoms with Crippen molar-refractivity contribution < 1.29 is 24.5 Å². The van der Waals surface area contributed by atoms with Crippen LogP contribution in [0.15, 0.2) is 35.8 Å². The molecule has 0 spiro atoms. The molecule has 3 N–H and O–H groups in total. The lowest BCUT2D eigenvalue weighted by atomic mass is 9.95. The van der Waals surface area contributed by atoms with Gasteiger partial charge in [0.25, 0.3) is 0 Å². The molecule has 6 nitrogen and oxygen atoms in total. The second kappa shape index (κ2) is 3.73. The van der Waals surface area contributed by atoms with Gasteiger partial charge in [-0.2, -0.15) is 0 Å². The monoisotopic (exact) mass is 223 g/mol. The maximum atomic E-state index is 10.9. The summed E-state index contributed by atoms with van der Waals surface area (Å²) < 4.78 is 5.14. The molecule has 0 saturated carbocycles. The van der Waals surface area contributed by atoms with E-state index in [0.29, 0.717) is 0 Å². The lowest BCUT2D eigenvalue weighted by molar-refractivity contribution is -0.138. The fourth-order valence-electron chi connectivity index (χ4n) is 1.61. The molecule has 2 atom stereocenters. The molecule has 1 aliphatic heterocycles. The van der Waals surface area contributed by atoms with E-state index in [1.54, 1.807) is 6.08 Å². The molecular formula is C10H9NO5. The number of carbonyl (C=O) groups is 2. The van der Waals surface area contributed by atoms with Crippen LogP contribution >= 0.6 is 0 Å². The molecule has 0 fully saturated rings. The van der Waals surface area contributed by atoms with E-state index < -0.39 is 24.1 Å². The number of nitrogens with one attached hydrogen (secondary N) is 1. The first-order chi connectivity index (χ1) is 7.59. The zero-order valence-corrected chi connectivity index (χ0v) is 8.08. The third kappa shape index (κ3) is 1.65. The number of allylic oxidation sites excluding steroid dienone is 2. The maximum Gasteiger partial charge on any atom is 0.372 e. The summed E-state index contributed by atoms with van der Waals surface area (Å²) in [5.41, 5.74) is 0.146. The molecule has 1 heterocycles. The van der Waals surface area contributed by atoms with Gasteiger partial charge >= 0.3 is 11.9 Å². The molecule has 6 heteroatoms. The van der Waals surface area contributed by atoms with E-state index in [9.17, 15) is 9.59 Å². The summed E-state index contributed by atoms with van der Waals surface area (Å²) in [5.74, 6) is -2.47. The highest BCUT2D eigenvalue weighted by atomic mass is 16.5. The Hall–Kier alpha value is -2.24. The topological polar surface area (TPSA) is 95.9 Å². The van der Waals surface area contributed by atoms with Crippen LogP contribution < -0.4 is 5.32 Å². The van der Waals surface area contributed by atoms with Crippen LogP contribution in [0, 0.1) is 0 Å². The van der Waals surface area contributed by atoms with Crippen molar-refractivity contribution in [1.82, 2.24) is 5.32 Å². The maximum absolute atomic E-state index is 10.9. The number of fused-ring (bicyclic) bond motifs is 1. The van der Waals surface area contributed by atoms with E-state index in [0.717, 1.165) is 0 Å². The summed E-state index contributed by atoms with van der Waals surface area (Å²) in [5, 5.41) is 20.3. The van der Waals surface area contributed by atoms with Crippen molar-refractivity contribution in [3.8, 4) is 0 Å². The number of rotatable bonds is 2. The second-order valence-corrected chi connectivity index (χ2v) is 3.35. The summed E-state index contributed by atoms with van der Waals surface area (Å²) in [6.07, 6.45) is 5.17. The number of hydrogen-bond acceptors (Lipinski definition) is 4. The Kier molecular flexibility index (Phi) is 2.40. The highest BCUT2D eigenvalue weighted by Gasteiger charge is 2.34. The Bertz CT molecular complexity index is 434. The predicted molar refractivity (Wildman–Crippen MR) is 52.4 cm³/mol. The van der Waals surface area contributed by atoms with Gasteiger partial charge in [0.05, 0.1) is 11.6 Å². The average Bonchev–Trinajstić information content (AvgIpc) is 2.27. The number of aliphatic carboxylic acids is 2. The molecule has 16 heavy (non-hydrogen) atoms. The van der Waals surface area contributed by atoms with E-state index >= 15 is 0 Å². The Labute approximate surface area is 90.5 Å². The molecule has 0 aromatic carbocycles. The standard InChI is InChI=1S/C10H9NO5/c12-9(13)5-2-1-3-6-8(5)11-4-7(16-6)10(14)15/h1-4,6,8,11H,(H,12,13)(H,14,15)/t6-,8-/m0/s1. The normalized spacial score (nSPS) is 26.8. The van der Waals surface area contributed by atoms with Gasteiger partial charge < -0.3 is 20.3 Å². The zero-order valence-electron chi connectivity index (χ0n) is 8.08. The summed E-state index contributed by atoms with van der Waals surface area (Å²) >= 11 is 0. The Morgan fingerprint density at radius 3 is 2.69 bits per heavy atom. The van der Waals surface area contributed by atoms with Crippen LogP contribution in [0.5, 0.6) is 0 Å². The summed E-state index contributed by atoms with van der Waals surface area (Å²) in [4.78, 5) is 21.5. The van der Waals surface area contributed by atoms with Crippen LogP contribution in [0.3, 0.4) is 0 Å². The van der Waals surface area contributed by atoms with Gasteiger partial charge in [0.2, 0.25) is 5.76 Å². The highest BCUT2D eigenvalue weighted by Crippen LogP contribution is 2.22. The number of hydrogen-bond donors (Lipinski definition) is 3. The molecule has 0 saturated heterocycles. The van der Waals surface area contributed by atoms with E-state index in [2.05, 4.69) is 5.32 Å². The number of carboxylic acids is 2. The molecule has 84 valence electrons. The van der Waals surface area contributed by atoms with Gasteiger partial charge in [-0.05, 0) is 12.2 Å². The van der Waals surface area contributed by atoms with Crippen molar-refractivity contribution in [2.45, 2.75) is 12.1 Å². The molecule has 0 aromatic rings. The first-order valence-corrected chi connectivity index (χ1v) is 4.57. The highest BCUT2D eigenvalue weighted by molar-refractivity contribution is 5.89. The van der Waals surface area contributed by atoms with Crippen LogP contribution in [0.1, 0.15) is 0 Å². The first-order valence-electron chi connectivity index (χ1n) is 4.57. The fourth-order valence-corrected chi connectivity index (χ4v) is 1.61. The Morgan fingerprint density at radius 2 is 2.06 bits per heavy atom. The SMILES string of the molecule is O=C(O)C1=CN[C@H]2C(C(=O)O)=CC=C[C@@H]2O1. The van der Waals surface area contributed by atoms with Gasteiger partial charge in [0.1, 0.15) is 6.10 Å². The minimum Gasteiger partial charge on any atom is -0.478 e. The summed E-state index contributed by atoms with van der Waals surface area (Å²) in [6, 6.07) is -0.550. The van der Waals surface area contributed by atoms with E-state index in [1.807, 2.05) is 0 Å². The van der Waals surface area contributed by atoms with Crippen molar-refractivity contribution in [3.05, 3.63) is 35.8 Å². The molecular weight excluding hydrogens is 214 g/mol. The first kappa shape index (κ1) is 10.3. The van der Waals surface area contributed by atoms with E-state index in [-0.39, 0.29) is 11.3 Å². The predicted octanol–water partition coefficient (Wildman–Crippen LogP) is -0.150. The van der Waals surface area contributed by atoms with Crippen molar-refractivity contribution in [2.75, 3.05) is 0 Å². The molecule has 0 radical (unpaired) electrons. The van der Waals surface area contributed by atoms with Gasteiger partial charge in [-0.25, -0.2) is 9.59 Å². The largest absolute Gasteiger partial charge is 0.478 e. The lowest BCUT2D eigenvalue weighted by Crippen LogP contribution is -2.46. The quantitative estimate of drug-likeness (QED) is 0.602. The van der Waals surface area contributed by atoms with Crippen LogP contribution in [-0.4, -0.2) is 34.3 Å². The Balaban J connectivity index is 2.25. The Morgan fingerprint density at radius 1 is 1.31 bits per heavy atom. The molecule has 1 aliphatic carbocycles. The van der Waals surface area contributed by atoms with Crippen molar-refractivity contribution in [3.63, 3.8) is 0 Å². The molecule has 0 aromatic heterocycles. The molecule has 0 bridgehead atoms. The number of carboxylic acid groups (broad SMARTS) is 2. The van der Waals surface area contributed by atoms with Crippen molar-refractivity contribution in [1.29, 1.82) is 0 Å². The molecule has 0 unspecified atom stereocenters. The van der Waals surface area contributed by atoms with Gasteiger partial charge in [-0.15, -0.1) is 0 Å². The summed E-state index contributed by atoms with van der Waals surface area (Å²) in [6.45, 7) is 0. The third-order valence-electron chi connectivity index (χ3n) is 2.35. The molecule has 2 rings (SSSR count). The van der Waals surface area contributed by atoms with Crippen LogP contribution in [-0.2, 0) is 14.3 Å². The van der Waals surface area contributed by atoms with Crippen molar-refractivity contribution in [2.24, 2.45) is 0 Å². The smallest absolute Gasteiger partial charge is 0.372 e. The lowest BCUT2D eigenvalue weighted by Gasteiger charge is -2.32. The summed E-state index contributed by atoms with van der Waals surface area (Å²) in [7, 11) is 0. The fraction of sp³-hybridized carbons (Fsp3) is 0.200. The minimum absolute atomic E-state index is 0.146. The van der Waals surface area contributed by atoms with Crippen LogP contribution in [0.4, 0.5) is 0 Å². The van der Waals surface area contributed by atoms with E-state index in [1.165, 1.54) is 18.4 Å². The minimum atomic E-state index is -1.19. The van der Waals surface area contributed by atoms with Crippen LogP contribution in [0.2, 0.25) is 0 Å². The van der Waals surface area contributed by atoms with Gasteiger partial charge in [0, 0.05) is 6.20 Å². The van der Waals surface area contributed by atoms with Crippen molar-refractivity contribution >= 4 is 11.9 Å². The van der Waals surface area contributed by atoms with E-state index in [4.69, 9.17) is 14.9 Å². The van der Waals surface area contributed by atoms with Gasteiger partial charge in [0.15, 0.2) is 0 Å². The average molecular weight is 223 g/mol. The number of ether oxygens (including phenoxy) is 1. The molecule has 0 amide bonds.